The molecule has 1 heterocycles. The number of amides is 2. The first-order valence-electron chi connectivity index (χ1n) is 8.56. The Balaban J connectivity index is 1.79. The lowest BCUT2D eigenvalue weighted by Gasteiger charge is -2.11. The number of carbonyl (C=O) groups is 2. The van der Waals surface area contributed by atoms with E-state index in [9.17, 15) is 9.59 Å². The second-order valence-electron chi connectivity index (χ2n) is 5.91. The van der Waals surface area contributed by atoms with Crippen LogP contribution >= 0.6 is 11.6 Å². The molecule has 0 atom stereocenters. The van der Waals surface area contributed by atoms with Crippen molar-refractivity contribution < 1.29 is 19.1 Å². The molecule has 2 aromatic carbocycles. The van der Waals surface area contributed by atoms with Crippen molar-refractivity contribution in [1.82, 2.24) is 4.98 Å². The van der Waals surface area contributed by atoms with Crippen molar-refractivity contribution in [2.24, 2.45) is 0 Å². The van der Waals surface area contributed by atoms with Crippen molar-refractivity contribution in [3.05, 3.63) is 77.1 Å². The zero-order valence-electron chi connectivity index (χ0n) is 15.7. The molecule has 0 saturated heterocycles. The third kappa shape index (κ3) is 4.83. The van der Waals surface area contributed by atoms with Crippen LogP contribution in [0.25, 0.3) is 0 Å². The summed E-state index contributed by atoms with van der Waals surface area (Å²) in [6.07, 6.45) is 3.13. The predicted octanol–water partition coefficient (Wildman–Crippen LogP) is 4.26. The molecule has 0 saturated carbocycles. The molecule has 0 fully saturated rings. The van der Waals surface area contributed by atoms with Gasteiger partial charge in [0.2, 0.25) is 0 Å². The number of methoxy groups -OCH3 is 2. The van der Waals surface area contributed by atoms with Gasteiger partial charge in [-0.3, -0.25) is 14.6 Å². The van der Waals surface area contributed by atoms with E-state index in [1.807, 2.05) is 0 Å². The lowest BCUT2D eigenvalue weighted by Crippen LogP contribution is -2.15. The predicted molar refractivity (Wildman–Crippen MR) is 111 cm³/mol. The van der Waals surface area contributed by atoms with E-state index in [4.69, 9.17) is 21.1 Å². The van der Waals surface area contributed by atoms with Gasteiger partial charge in [-0.25, -0.2) is 0 Å². The number of benzene rings is 2. The van der Waals surface area contributed by atoms with E-state index in [0.717, 1.165) is 0 Å². The zero-order valence-corrected chi connectivity index (χ0v) is 16.5. The van der Waals surface area contributed by atoms with Gasteiger partial charge in [0.05, 0.1) is 36.7 Å². The maximum atomic E-state index is 12.6. The molecule has 2 N–H and O–H groups in total. The largest absolute Gasteiger partial charge is 0.493 e. The van der Waals surface area contributed by atoms with Crippen LogP contribution in [0.15, 0.2) is 60.9 Å². The van der Waals surface area contributed by atoms with Crippen molar-refractivity contribution in [1.29, 1.82) is 0 Å². The number of aromatic nitrogens is 1. The Hall–Kier alpha value is -3.58. The molecule has 0 aliphatic rings. The minimum absolute atomic E-state index is 0.223. The van der Waals surface area contributed by atoms with Gasteiger partial charge in [0.15, 0.2) is 11.5 Å². The van der Waals surface area contributed by atoms with Gasteiger partial charge >= 0.3 is 0 Å². The van der Waals surface area contributed by atoms with Crippen molar-refractivity contribution in [2.75, 3.05) is 24.9 Å². The summed E-state index contributed by atoms with van der Waals surface area (Å²) in [5.41, 5.74) is 1.55. The van der Waals surface area contributed by atoms with Gasteiger partial charge in [0.25, 0.3) is 11.8 Å². The lowest BCUT2D eigenvalue weighted by molar-refractivity contribution is 0.101. The lowest BCUT2D eigenvalue weighted by atomic mass is 10.1. The molecule has 0 aliphatic carbocycles. The van der Waals surface area contributed by atoms with Crippen LogP contribution in [0.1, 0.15) is 20.7 Å². The average molecular weight is 412 g/mol. The monoisotopic (exact) mass is 411 g/mol. The van der Waals surface area contributed by atoms with Crippen LogP contribution in [0, 0.1) is 0 Å². The molecule has 3 rings (SSSR count). The Morgan fingerprint density at radius 2 is 1.66 bits per heavy atom. The normalized spacial score (nSPS) is 10.2. The minimum Gasteiger partial charge on any atom is -0.493 e. The summed E-state index contributed by atoms with van der Waals surface area (Å²) >= 11 is 6.16. The fraction of sp³-hybridized carbons (Fsp3) is 0.0952. The summed E-state index contributed by atoms with van der Waals surface area (Å²) in [4.78, 5) is 29.1. The summed E-state index contributed by atoms with van der Waals surface area (Å²) in [7, 11) is 3.01. The Labute approximate surface area is 172 Å². The van der Waals surface area contributed by atoms with E-state index < -0.39 is 5.91 Å². The summed E-state index contributed by atoms with van der Waals surface area (Å²) in [5, 5.41) is 5.72. The third-order valence-corrected chi connectivity index (χ3v) is 4.36. The summed E-state index contributed by atoms with van der Waals surface area (Å²) in [5.74, 6) is 0.176. The minimum atomic E-state index is -0.412. The first-order chi connectivity index (χ1) is 14.0. The standard InChI is InChI=1S/C21H18ClN3O4/c1-28-18-8-5-13(10-19(18)29-2)20(26)24-14-6-7-17(22)16(11-14)21(27)25-15-4-3-9-23-12-15/h3-12H,1-2H3,(H,24,26)(H,25,27). The third-order valence-electron chi connectivity index (χ3n) is 4.03. The summed E-state index contributed by atoms with van der Waals surface area (Å²) < 4.78 is 10.4. The molecule has 0 radical (unpaired) electrons. The first kappa shape index (κ1) is 20.2. The molecule has 0 bridgehead atoms. The highest BCUT2D eigenvalue weighted by molar-refractivity contribution is 6.34. The molecule has 2 amide bonds. The Bertz CT molecular complexity index is 1040. The molecule has 148 valence electrons. The van der Waals surface area contributed by atoms with Crippen LogP contribution in [0.2, 0.25) is 5.02 Å². The van der Waals surface area contributed by atoms with E-state index in [-0.39, 0.29) is 16.5 Å². The van der Waals surface area contributed by atoms with Crippen molar-refractivity contribution >= 4 is 34.8 Å². The number of pyridine rings is 1. The number of anilines is 2. The van der Waals surface area contributed by atoms with Crippen LogP contribution < -0.4 is 20.1 Å². The second-order valence-corrected chi connectivity index (χ2v) is 6.32. The van der Waals surface area contributed by atoms with Crippen LogP contribution in [-0.2, 0) is 0 Å². The van der Waals surface area contributed by atoms with Crippen LogP contribution in [0.3, 0.4) is 0 Å². The van der Waals surface area contributed by atoms with Crippen LogP contribution in [-0.4, -0.2) is 31.0 Å². The SMILES string of the molecule is COc1ccc(C(=O)Nc2ccc(Cl)c(C(=O)Nc3cccnc3)c2)cc1OC. The van der Waals surface area contributed by atoms with Crippen LogP contribution in [0.4, 0.5) is 11.4 Å². The number of nitrogens with one attached hydrogen (secondary N) is 2. The molecule has 0 unspecified atom stereocenters. The Morgan fingerprint density at radius 3 is 2.34 bits per heavy atom. The van der Waals surface area contributed by atoms with Gasteiger partial charge in [-0.05, 0) is 48.5 Å². The van der Waals surface area contributed by atoms with E-state index in [1.165, 1.54) is 26.5 Å². The molecule has 3 aromatic rings. The highest BCUT2D eigenvalue weighted by Crippen LogP contribution is 2.28. The fourth-order valence-electron chi connectivity index (χ4n) is 2.59. The Morgan fingerprint density at radius 1 is 0.897 bits per heavy atom. The molecular weight excluding hydrogens is 394 g/mol. The highest BCUT2D eigenvalue weighted by atomic mass is 35.5. The highest BCUT2D eigenvalue weighted by Gasteiger charge is 2.15. The van der Waals surface area contributed by atoms with Crippen molar-refractivity contribution in [2.45, 2.75) is 0 Å². The molecule has 7 nitrogen and oxygen atoms in total. The van der Waals surface area contributed by atoms with Crippen LogP contribution in [0.5, 0.6) is 11.5 Å². The number of carbonyl (C=O) groups excluding carboxylic acids is 2. The number of hydrogen-bond acceptors (Lipinski definition) is 5. The molecule has 1 aromatic heterocycles. The molecule has 0 spiro atoms. The fourth-order valence-corrected chi connectivity index (χ4v) is 2.80. The maximum absolute atomic E-state index is 12.6. The number of hydrogen-bond donors (Lipinski definition) is 2. The number of nitrogens with zero attached hydrogens (tertiary/aromatic N) is 1. The van der Waals surface area contributed by atoms with E-state index in [0.29, 0.717) is 28.4 Å². The average Bonchev–Trinajstić information content (AvgIpc) is 2.75. The van der Waals surface area contributed by atoms with E-state index in [1.54, 1.807) is 48.7 Å². The van der Waals surface area contributed by atoms with E-state index >= 15 is 0 Å². The molecule has 29 heavy (non-hydrogen) atoms. The summed E-state index contributed by atoms with van der Waals surface area (Å²) in [6.45, 7) is 0. The van der Waals surface area contributed by atoms with Gasteiger partial charge in [0.1, 0.15) is 0 Å². The number of halogens is 1. The molecular formula is C21H18ClN3O4. The summed E-state index contributed by atoms with van der Waals surface area (Å²) in [6, 6.07) is 12.9. The number of ether oxygens (including phenoxy) is 2. The van der Waals surface area contributed by atoms with Gasteiger partial charge < -0.3 is 20.1 Å². The number of rotatable bonds is 6. The smallest absolute Gasteiger partial charge is 0.257 e. The van der Waals surface area contributed by atoms with Crippen molar-refractivity contribution in [3.63, 3.8) is 0 Å². The molecule has 0 aliphatic heterocycles. The Kier molecular flexibility index (Phi) is 6.31. The van der Waals surface area contributed by atoms with E-state index in [2.05, 4.69) is 15.6 Å². The van der Waals surface area contributed by atoms with Gasteiger partial charge in [-0.1, -0.05) is 11.6 Å². The zero-order chi connectivity index (χ0) is 20.8. The maximum Gasteiger partial charge on any atom is 0.257 e. The second kappa shape index (κ2) is 9.07. The first-order valence-corrected chi connectivity index (χ1v) is 8.94. The van der Waals surface area contributed by atoms with Gasteiger partial charge in [-0.2, -0.15) is 0 Å². The molecule has 8 heteroatoms. The van der Waals surface area contributed by atoms with Crippen molar-refractivity contribution in [3.8, 4) is 11.5 Å². The topological polar surface area (TPSA) is 89.5 Å². The quantitative estimate of drug-likeness (QED) is 0.632. The van der Waals surface area contributed by atoms with Gasteiger partial charge in [0, 0.05) is 17.4 Å². The van der Waals surface area contributed by atoms with Gasteiger partial charge in [-0.15, -0.1) is 0 Å².